The minimum atomic E-state index is -0.0908. The summed E-state index contributed by atoms with van der Waals surface area (Å²) in [6, 6.07) is 49.2. The fraction of sp³-hybridized carbons (Fsp3) is 0.368. The Labute approximate surface area is 350 Å². The van der Waals surface area contributed by atoms with Gasteiger partial charge in [-0.25, -0.2) is 0 Å². The normalized spacial score (nSPS) is 29.5. The lowest BCUT2D eigenvalue weighted by molar-refractivity contribution is -0.235. The summed E-state index contributed by atoms with van der Waals surface area (Å²) in [4.78, 5) is 2.54. The zero-order valence-corrected chi connectivity index (χ0v) is 35.5. The second-order valence-corrected chi connectivity index (χ2v) is 21.7. The number of hydrogen-bond acceptors (Lipinski definition) is 2. The van der Waals surface area contributed by atoms with Gasteiger partial charge in [-0.2, -0.15) is 0 Å². The summed E-state index contributed by atoms with van der Waals surface area (Å²) in [6.07, 6.45) is 8.11. The van der Waals surface area contributed by atoms with E-state index in [9.17, 15) is 0 Å². The fourth-order valence-corrected chi connectivity index (χ4v) is 15.1. The molecule has 2 spiro atoms. The monoisotopic (exact) mass is 769 g/mol. The molecular weight excluding hydrogens is 715 g/mol. The molecule has 13 rings (SSSR count). The van der Waals surface area contributed by atoms with Crippen LogP contribution < -0.4 is 9.64 Å². The van der Waals surface area contributed by atoms with Crippen LogP contribution in [-0.4, -0.2) is 0 Å². The van der Waals surface area contributed by atoms with Crippen molar-refractivity contribution in [3.8, 4) is 33.8 Å². The van der Waals surface area contributed by atoms with Gasteiger partial charge in [-0.3, -0.25) is 0 Å². The van der Waals surface area contributed by atoms with Crippen LogP contribution in [0.15, 0.2) is 127 Å². The topological polar surface area (TPSA) is 12.5 Å². The first kappa shape index (κ1) is 34.8. The van der Waals surface area contributed by atoms with E-state index in [0.717, 1.165) is 23.3 Å². The lowest BCUT2D eigenvalue weighted by Gasteiger charge is -2.77. The third-order valence-electron chi connectivity index (χ3n) is 17.9. The van der Waals surface area contributed by atoms with Crippen LogP contribution >= 0.6 is 0 Å². The number of nitrogens with zero attached hydrogens (tertiary/aromatic N) is 1. The molecule has 1 aliphatic heterocycles. The van der Waals surface area contributed by atoms with Gasteiger partial charge in [-0.05, 0) is 171 Å². The number of rotatable bonds is 4. The van der Waals surface area contributed by atoms with E-state index in [1.54, 1.807) is 0 Å². The maximum absolute atomic E-state index is 6.88. The van der Waals surface area contributed by atoms with Gasteiger partial charge in [0.05, 0.1) is 0 Å². The average molecular weight is 770 g/mol. The van der Waals surface area contributed by atoms with Gasteiger partial charge in [0.1, 0.15) is 11.5 Å². The molecule has 4 saturated carbocycles. The molecule has 4 fully saturated rings. The van der Waals surface area contributed by atoms with Gasteiger partial charge in [0.2, 0.25) is 0 Å². The summed E-state index contributed by atoms with van der Waals surface area (Å²) in [6.45, 7) is 14.5. The Morgan fingerprint density at radius 2 is 1.12 bits per heavy atom. The molecular formula is C57H55NO. The number of anilines is 3. The van der Waals surface area contributed by atoms with Crippen molar-refractivity contribution in [2.75, 3.05) is 4.90 Å². The highest BCUT2D eigenvalue weighted by atomic mass is 16.5. The van der Waals surface area contributed by atoms with Gasteiger partial charge in [-0.15, -0.1) is 0 Å². The molecule has 0 aromatic heterocycles. The summed E-state index contributed by atoms with van der Waals surface area (Å²) in [5, 5.41) is 0. The molecule has 7 aliphatic rings. The third kappa shape index (κ3) is 4.24. The van der Waals surface area contributed by atoms with Crippen LogP contribution in [0.3, 0.4) is 0 Å². The largest absolute Gasteiger partial charge is 0.457 e. The minimum Gasteiger partial charge on any atom is -0.457 e. The maximum atomic E-state index is 6.88. The zero-order chi connectivity index (χ0) is 39.8. The second kappa shape index (κ2) is 11.2. The first-order valence-corrected chi connectivity index (χ1v) is 22.6. The van der Waals surface area contributed by atoms with Crippen molar-refractivity contribution in [3.05, 3.63) is 161 Å². The van der Waals surface area contributed by atoms with Gasteiger partial charge >= 0.3 is 0 Å². The molecule has 294 valence electrons. The highest BCUT2D eigenvalue weighted by Gasteiger charge is 2.84. The van der Waals surface area contributed by atoms with Gasteiger partial charge in [-0.1, -0.05) is 120 Å². The number of ether oxygens (including phenoxy) is 1. The molecule has 0 saturated heterocycles. The van der Waals surface area contributed by atoms with Crippen molar-refractivity contribution in [1.82, 2.24) is 0 Å². The fourth-order valence-electron chi connectivity index (χ4n) is 15.1. The first-order valence-electron chi connectivity index (χ1n) is 22.6. The van der Waals surface area contributed by atoms with Gasteiger partial charge in [0.25, 0.3) is 0 Å². The molecule has 6 aromatic rings. The van der Waals surface area contributed by atoms with Gasteiger partial charge in [0, 0.05) is 39.0 Å². The smallest absolute Gasteiger partial charge is 0.131 e. The van der Waals surface area contributed by atoms with E-state index in [4.69, 9.17) is 4.74 Å². The molecule has 0 amide bonds. The Hall–Kier alpha value is -5.08. The number of benzene rings is 6. The molecule has 6 aromatic carbocycles. The molecule has 1 heterocycles. The first-order chi connectivity index (χ1) is 28.4. The Kier molecular flexibility index (Phi) is 6.59. The Morgan fingerprint density at radius 3 is 1.92 bits per heavy atom. The van der Waals surface area contributed by atoms with E-state index in [1.807, 2.05) is 0 Å². The predicted molar refractivity (Wildman–Crippen MR) is 242 cm³/mol. The van der Waals surface area contributed by atoms with Crippen molar-refractivity contribution in [2.24, 2.45) is 29.1 Å². The number of fused-ring (bicyclic) bond motifs is 11. The summed E-state index contributed by atoms with van der Waals surface area (Å²) in [5.74, 6) is 5.39. The van der Waals surface area contributed by atoms with Crippen molar-refractivity contribution < 1.29 is 4.74 Å². The summed E-state index contributed by atoms with van der Waals surface area (Å²) >= 11 is 0. The van der Waals surface area contributed by atoms with E-state index < -0.39 is 0 Å². The summed E-state index contributed by atoms with van der Waals surface area (Å²) < 4.78 is 6.88. The summed E-state index contributed by atoms with van der Waals surface area (Å²) in [5.41, 5.74) is 18.5. The van der Waals surface area contributed by atoms with Crippen molar-refractivity contribution in [1.29, 1.82) is 0 Å². The lowest BCUT2D eigenvalue weighted by Crippen LogP contribution is -2.74. The average Bonchev–Trinajstić information content (AvgIpc) is 3.85. The summed E-state index contributed by atoms with van der Waals surface area (Å²) in [7, 11) is 0. The Bertz CT molecular complexity index is 2790. The highest BCUT2D eigenvalue weighted by Crippen LogP contribution is 2.89. The Morgan fingerprint density at radius 1 is 0.492 bits per heavy atom. The minimum absolute atomic E-state index is 0.0255. The quantitative estimate of drug-likeness (QED) is 0.177. The predicted octanol–water partition coefficient (Wildman–Crippen LogP) is 14.9. The van der Waals surface area contributed by atoms with Crippen LogP contribution in [0, 0.1) is 29.1 Å². The van der Waals surface area contributed by atoms with E-state index in [-0.39, 0.29) is 21.7 Å². The number of hydrogen-bond donors (Lipinski definition) is 0. The van der Waals surface area contributed by atoms with E-state index in [1.165, 1.54) is 111 Å². The zero-order valence-electron chi connectivity index (χ0n) is 35.5. The molecule has 0 radical (unpaired) electrons. The molecule has 59 heavy (non-hydrogen) atoms. The van der Waals surface area contributed by atoms with E-state index in [2.05, 4.69) is 174 Å². The number of para-hydroxylation sites is 1. The molecule has 2 heteroatoms. The Balaban J connectivity index is 0.967. The van der Waals surface area contributed by atoms with Gasteiger partial charge < -0.3 is 9.64 Å². The molecule has 2 nitrogen and oxygen atoms in total. The van der Waals surface area contributed by atoms with E-state index >= 15 is 0 Å². The second-order valence-electron chi connectivity index (χ2n) is 21.7. The molecule has 6 unspecified atom stereocenters. The third-order valence-corrected chi connectivity index (χ3v) is 17.9. The van der Waals surface area contributed by atoms with Crippen LogP contribution in [0.25, 0.3) is 22.3 Å². The van der Waals surface area contributed by atoms with E-state index in [0.29, 0.717) is 17.3 Å². The van der Waals surface area contributed by atoms with Crippen LogP contribution in [0.1, 0.15) is 113 Å². The van der Waals surface area contributed by atoms with Crippen LogP contribution in [-0.2, 0) is 21.7 Å². The van der Waals surface area contributed by atoms with Crippen LogP contribution in [0.4, 0.5) is 17.1 Å². The lowest BCUT2D eigenvalue weighted by atomic mass is 9.26. The SMILES string of the molecule is CC1(C)CCC(C)(C)c2cc(-c3ccc(N(c4ccc5c(c4)C(C)(C)c4ccccc4-5)c4ccc5c(c4)C4(c6ccccc6O5)C5CC6CC7CC4C75C6)cc3)ccc21. The molecule has 6 aliphatic carbocycles. The van der Waals surface area contributed by atoms with Crippen LogP contribution in [0.2, 0.25) is 0 Å². The maximum Gasteiger partial charge on any atom is 0.131 e. The van der Waals surface area contributed by atoms with Crippen molar-refractivity contribution >= 4 is 17.1 Å². The molecule has 0 N–H and O–H groups in total. The van der Waals surface area contributed by atoms with Crippen molar-refractivity contribution in [2.45, 2.75) is 102 Å². The van der Waals surface area contributed by atoms with Gasteiger partial charge in [0.15, 0.2) is 0 Å². The highest BCUT2D eigenvalue weighted by molar-refractivity contribution is 5.86. The van der Waals surface area contributed by atoms with Crippen LogP contribution in [0.5, 0.6) is 11.5 Å². The molecule has 2 bridgehead atoms. The van der Waals surface area contributed by atoms with Crippen molar-refractivity contribution in [3.63, 3.8) is 0 Å². The standard InChI is InChI=1S/C57H55NO/c1-53(2)25-26-54(3,4)47-29-36(17-23-44(47)53)35-15-18-38(19-16-35)58(39-20-22-42-41-11-7-8-12-43(41)55(5,6)46(42)31-39)40-21-24-50-48(32-40)57(45-13-9-10-14-49(45)59-50)51-28-34-27-37-30-52(57)56(37,51)33-34/h7-24,29,31-32,34,37,51-52H,25-28,30,33H2,1-6H3. The molecule has 6 atom stereocenters.